The molecule has 4 aliphatic carbocycles. The molecule has 6 rings (SSSR count). The summed E-state index contributed by atoms with van der Waals surface area (Å²) in [4.78, 5) is 11.6. The topological polar surface area (TPSA) is 88.8 Å². The van der Waals surface area contributed by atoms with Gasteiger partial charge in [-0.2, -0.15) is 5.26 Å². The molecule has 0 radical (unpaired) electrons. The van der Waals surface area contributed by atoms with Gasteiger partial charge < -0.3 is 19.3 Å². The summed E-state index contributed by atoms with van der Waals surface area (Å²) in [5, 5.41) is 22.7. The third kappa shape index (κ3) is 3.33. The minimum Gasteiger partial charge on any atom is -0.463 e. The lowest BCUT2D eigenvalue weighted by molar-refractivity contribution is -0.271. The van der Waals surface area contributed by atoms with E-state index in [0.717, 1.165) is 57.8 Å². The molecule has 6 nitrogen and oxygen atoms in total. The van der Waals surface area contributed by atoms with Crippen molar-refractivity contribution < 1.29 is 24.1 Å². The molecule has 0 amide bonds. The van der Waals surface area contributed by atoms with Crippen molar-refractivity contribution in [3.05, 3.63) is 0 Å². The van der Waals surface area contributed by atoms with Gasteiger partial charge in [-0.1, -0.05) is 20.8 Å². The Morgan fingerprint density at radius 3 is 2.60 bits per heavy atom. The lowest BCUT2D eigenvalue weighted by Crippen LogP contribution is -2.53. The summed E-state index contributed by atoms with van der Waals surface area (Å²) in [6.07, 6.45) is 8.10. The Morgan fingerprint density at radius 2 is 1.91 bits per heavy atom. The SMILES string of the molecule is CC(=O)OC1CCC2(C)C(CCC3C2CC2(C#N)C(O)C4C(CC32)OC2(CCC(C)CO2)C4C)C1. The summed E-state index contributed by atoms with van der Waals surface area (Å²) < 4.78 is 18.7. The normalized spacial score (nSPS) is 56.9. The van der Waals surface area contributed by atoms with Crippen LogP contribution in [0.2, 0.25) is 0 Å². The fourth-order valence-corrected chi connectivity index (χ4v) is 10.1. The first-order valence-corrected chi connectivity index (χ1v) is 14.2. The zero-order valence-corrected chi connectivity index (χ0v) is 21.9. The summed E-state index contributed by atoms with van der Waals surface area (Å²) in [5.74, 6) is 1.42. The van der Waals surface area contributed by atoms with Gasteiger partial charge in [0.1, 0.15) is 6.10 Å². The van der Waals surface area contributed by atoms with Crippen LogP contribution in [0.25, 0.3) is 0 Å². The molecule has 0 aromatic carbocycles. The number of nitrogens with zero attached hydrogens (tertiary/aromatic N) is 1. The second kappa shape index (κ2) is 8.17. The number of carbonyl (C=O) groups excluding carboxylic acids is 1. The van der Waals surface area contributed by atoms with Crippen molar-refractivity contribution in [2.24, 2.45) is 52.3 Å². The number of rotatable bonds is 1. The molecule has 6 heteroatoms. The number of ether oxygens (including phenoxy) is 3. The van der Waals surface area contributed by atoms with Crippen molar-refractivity contribution in [2.75, 3.05) is 6.61 Å². The van der Waals surface area contributed by atoms with Crippen LogP contribution in [0.3, 0.4) is 0 Å². The average Bonchev–Trinajstić information content (AvgIpc) is 3.30. The molecular weight excluding hydrogens is 442 g/mol. The van der Waals surface area contributed by atoms with Gasteiger partial charge in [0.05, 0.1) is 30.3 Å². The standard InChI is InChI=1S/C29H43NO5/c1-16-7-10-29(33-14-16)17(2)25-24(35-29)12-22-21-6-5-19-11-20(34-18(3)31)8-9-27(19,4)23(21)13-28(22,15-30)26(25)32/h16-17,19-26,32H,5-14H2,1-4H3. The molecule has 6 aliphatic rings. The minimum absolute atomic E-state index is 0.0242. The number of aliphatic hydroxyl groups is 1. The second-order valence-electron chi connectivity index (χ2n) is 13.5. The zero-order valence-electron chi connectivity index (χ0n) is 21.9. The average molecular weight is 486 g/mol. The highest BCUT2D eigenvalue weighted by Crippen LogP contribution is 2.70. The first-order valence-electron chi connectivity index (χ1n) is 14.2. The van der Waals surface area contributed by atoms with Crippen LogP contribution in [0.5, 0.6) is 0 Å². The summed E-state index contributed by atoms with van der Waals surface area (Å²) in [5.41, 5.74) is -0.544. The number of hydrogen-bond acceptors (Lipinski definition) is 6. The minimum atomic E-state index is -0.688. The highest BCUT2D eigenvalue weighted by atomic mass is 16.7. The lowest BCUT2D eigenvalue weighted by atomic mass is 9.52. The second-order valence-corrected chi connectivity index (χ2v) is 13.5. The smallest absolute Gasteiger partial charge is 0.302 e. The van der Waals surface area contributed by atoms with Gasteiger partial charge in [0.25, 0.3) is 0 Å². The van der Waals surface area contributed by atoms with Crippen molar-refractivity contribution in [2.45, 2.75) is 110 Å². The van der Waals surface area contributed by atoms with E-state index in [1.807, 2.05) is 0 Å². The fraction of sp³-hybridized carbons (Fsp3) is 0.931. The molecule has 0 aromatic rings. The van der Waals surface area contributed by atoms with E-state index in [0.29, 0.717) is 30.3 Å². The Kier molecular flexibility index (Phi) is 5.65. The van der Waals surface area contributed by atoms with Gasteiger partial charge in [-0.15, -0.1) is 0 Å². The zero-order chi connectivity index (χ0) is 24.8. The lowest BCUT2D eigenvalue weighted by Gasteiger charge is -2.54. The van der Waals surface area contributed by atoms with Crippen molar-refractivity contribution in [3.63, 3.8) is 0 Å². The van der Waals surface area contributed by atoms with Gasteiger partial charge in [-0.25, -0.2) is 0 Å². The maximum Gasteiger partial charge on any atom is 0.302 e. The van der Waals surface area contributed by atoms with Gasteiger partial charge >= 0.3 is 5.97 Å². The van der Waals surface area contributed by atoms with Crippen LogP contribution in [-0.2, 0) is 19.0 Å². The summed E-state index contributed by atoms with van der Waals surface area (Å²) in [7, 11) is 0. The van der Waals surface area contributed by atoms with Crippen LogP contribution in [-0.4, -0.2) is 41.8 Å². The first-order chi connectivity index (χ1) is 16.6. The quantitative estimate of drug-likeness (QED) is 0.535. The molecular formula is C29H43NO5. The third-order valence-electron chi connectivity index (χ3n) is 12.0. The van der Waals surface area contributed by atoms with E-state index in [9.17, 15) is 15.2 Å². The molecule has 2 aliphatic heterocycles. The van der Waals surface area contributed by atoms with E-state index in [4.69, 9.17) is 14.2 Å². The maximum atomic E-state index is 12.0. The number of carbonyl (C=O) groups is 1. The predicted molar refractivity (Wildman–Crippen MR) is 129 cm³/mol. The number of fused-ring (bicyclic) bond motifs is 6. The van der Waals surface area contributed by atoms with Gasteiger partial charge in [0.15, 0.2) is 5.79 Å². The molecule has 6 fully saturated rings. The molecule has 194 valence electrons. The Bertz CT molecular complexity index is 907. The molecule has 0 aromatic heterocycles. The van der Waals surface area contributed by atoms with Crippen LogP contribution in [0, 0.1) is 63.6 Å². The van der Waals surface area contributed by atoms with Gasteiger partial charge in [0.2, 0.25) is 0 Å². The summed E-state index contributed by atoms with van der Waals surface area (Å²) in [6.45, 7) is 9.06. The molecule has 13 atom stereocenters. The summed E-state index contributed by atoms with van der Waals surface area (Å²) >= 11 is 0. The van der Waals surface area contributed by atoms with Crippen LogP contribution in [0.15, 0.2) is 0 Å². The molecule has 0 bridgehead atoms. The van der Waals surface area contributed by atoms with Crippen molar-refractivity contribution in [3.8, 4) is 6.07 Å². The molecule has 2 saturated heterocycles. The van der Waals surface area contributed by atoms with Gasteiger partial charge in [-0.05, 0) is 86.4 Å². The fourth-order valence-electron chi connectivity index (χ4n) is 10.1. The highest BCUT2D eigenvalue weighted by molar-refractivity contribution is 5.66. The van der Waals surface area contributed by atoms with Crippen molar-refractivity contribution in [1.29, 1.82) is 5.26 Å². The molecule has 35 heavy (non-hydrogen) atoms. The van der Waals surface area contributed by atoms with E-state index in [1.54, 1.807) is 0 Å². The maximum absolute atomic E-state index is 12.0. The third-order valence-corrected chi connectivity index (χ3v) is 12.0. The van der Waals surface area contributed by atoms with Crippen LogP contribution >= 0.6 is 0 Å². The Morgan fingerprint density at radius 1 is 1.11 bits per heavy atom. The predicted octanol–water partition coefficient (Wildman–Crippen LogP) is 4.84. The molecule has 4 saturated carbocycles. The Balaban J connectivity index is 1.27. The van der Waals surface area contributed by atoms with E-state index in [2.05, 4.69) is 26.8 Å². The van der Waals surface area contributed by atoms with E-state index in [-0.39, 0.29) is 41.3 Å². The van der Waals surface area contributed by atoms with Crippen LogP contribution < -0.4 is 0 Å². The van der Waals surface area contributed by atoms with Crippen molar-refractivity contribution >= 4 is 5.97 Å². The number of hydrogen-bond donors (Lipinski definition) is 1. The highest BCUT2D eigenvalue weighted by Gasteiger charge is 2.71. The van der Waals surface area contributed by atoms with Gasteiger partial charge in [0, 0.05) is 25.2 Å². The molecule has 13 unspecified atom stereocenters. The molecule has 2 heterocycles. The number of nitriles is 1. The Hall–Kier alpha value is -1.16. The monoisotopic (exact) mass is 485 g/mol. The van der Waals surface area contributed by atoms with Crippen molar-refractivity contribution in [1.82, 2.24) is 0 Å². The van der Waals surface area contributed by atoms with E-state index < -0.39 is 17.3 Å². The molecule has 1 N–H and O–H groups in total. The molecule has 1 spiro atoms. The Labute approximate surface area is 210 Å². The van der Waals surface area contributed by atoms with E-state index >= 15 is 0 Å². The number of esters is 1. The van der Waals surface area contributed by atoms with E-state index in [1.165, 1.54) is 6.92 Å². The first kappa shape index (κ1) is 24.2. The van der Waals surface area contributed by atoms with Gasteiger partial charge in [-0.3, -0.25) is 4.79 Å². The number of aliphatic hydroxyl groups excluding tert-OH is 1. The summed E-state index contributed by atoms with van der Waals surface area (Å²) in [6, 6.07) is 2.75. The van der Waals surface area contributed by atoms with Crippen LogP contribution in [0.4, 0.5) is 0 Å². The van der Waals surface area contributed by atoms with Crippen LogP contribution in [0.1, 0.15) is 85.5 Å². The largest absolute Gasteiger partial charge is 0.463 e.